The lowest BCUT2D eigenvalue weighted by Gasteiger charge is -2.21. The van der Waals surface area contributed by atoms with Crippen molar-refractivity contribution in [3.05, 3.63) is 35.2 Å². The number of nitrogen functional groups attached to an aromatic ring is 1. The highest BCUT2D eigenvalue weighted by Gasteiger charge is 2.20. The zero-order valence-electron chi connectivity index (χ0n) is 14.8. The number of aryl methyl sites for hydroxylation is 2. The van der Waals surface area contributed by atoms with E-state index in [1.54, 1.807) is 0 Å². The molecule has 1 aliphatic rings. The number of alkyl halides is 1. The summed E-state index contributed by atoms with van der Waals surface area (Å²) < 4.78 is 27.0. The molecular weight excluding hydrogens is 417 g/mol. The first-order valence-electron chi connectivity index (χ1n) is 8.76. The minimum Gasteiger partial charge on any atom is -0.486 e. The standard InChI is InChI=1S/C18H19BrFN5O2/c1-2-10-7-12-13(27-6-5-26-12)8-11(10)9-14-22-15-16(21)23-18(20)24-17(15)25(14)4-3-19/h7-8H,2-6,9H2,1H3,(H2,21,23,24). The number of nitrogens with two attached hydrogens (primary N) is 1. The van der Waals surface area contributed by atoms with Crippen LogP contribution >= 0.6 is 15.9 Å². The van der Waals surface area contributed by atoms with Gasteiger partial charge in [-0.25, -0.2) is 4.98 Å². The summed E-state index contributed by atoms with van der Waals surface area (Å²) in [4.78, 5) is 12.1. The Morgan fingerprint density at radius 2 is 1.85 bits per heavy atom. The van der Waals surface area contributed by atoms with Gasteiger partial charge >= 0.3 is 6.08 Å². The number of imidazole rings is 1. The Morgan fingerprint density at radius 1 is 1.15 bits per heavy atom. The Labute approximate surface area is 163 Å². The quantitative estimate of drug-likeness (QED) is 0.489. The molecule has 2 N–H and O–H groups in total. The SMILES string of the molecule is CCc1cc2c(cc1Cc1nc3c(N)nc(F)nc3n1CCBr)OCCO2. The molecular formula is C18H19BrFN5O2. The summed E-state index contributed by atoms with van der Waals surface area (Å²) in [5, 5.41) is 0.679. The van der Waals surface area contributed by atoms with Crippen molar-refractivity contribution in [2.24, 2.45) is 0 Å². The van der Waals surface area contributed by atoms with Gasteiger partial charge in [0.2, 0.25) is 0 Å². The van der Waals surface area contributed by atoms with Gasteiger partial charge in [0.1, 0.15) is 19.0 Å². The van der Waals surface area contributed by atoms with E-state index in [-0.39, 0.29) is 5.82 Å². The highest BCUT2D eigenvalue weighted by atomic mass is 79.9. The van der Waals surface area contributed by atoms with Crippen LogP contribution in [0.3, 0.4) is 0 Å². The molecule has 9 heteroatoms. The van der Waals surface area contributed by atoms with Gasteiger partial charge in [0.25, 0.3) is 0 Å². The molecule has 0 aliphatic carbocycles. The third-order valence-electron chi connectivity index (χ3n) is 4.58. The number of fused-ring (bicyclic) bond motifs is 2. The maximum Gasteiger partial charge on any atom is 0.312 e. The molecule has 0 saturated heterocycles. The average molecular weight is 436 g/mol. The smallest absolute Gasteiger partial charge is 0.312 e. The van der Waals surface area contributed by atoms with E-state index >= 15 is 0 Å². The number of benzene rings is 1. The number of ether oxygens (including phenoxy) is 2. The molecule has 3 heterocycles. The van der Waals surface area contributed by atoms with E-state index in [0.717, 1.165) is 34.9 Å². The van der Waals surface area contributed by atoms with Crippen molar-refractivity contribution in [2.75, 3.05) is 24.3 Å². The van der Waals surface area contributed by atoms with Crippen molar-refractivity contribution >= 4 is 32.9 Å². The number of nitrogens with zero attached hydrogens (tertiary/aromatic N) is 4. The van der Waals surface area contributed by atoms with Gasteiger partial charge in [-0.2, -0.15) is 14.4 Å². The average Bonchev–Trinajstić information content (AvgIpc) is 2.99. The maximum atomic E-state index is 13.7. The Kier molecular flexibility index (Phi) is 4.86. The summed E-state index contributed by atoms with van der Waals surface area (Å²) in [5.74, 6) is 2.31. The Bertz CT molecular complexity index is 1010. The van der Waals surface area contributed by atoms with E-state index in [4.69, 9.17) is 15.2 Å². The van der Waals surface area contributed by atoms with E-state index < -0.39 is 6.08 Å². The first kappa shape index (κ1) is 18.0. The lowest BCUT2D eigenvalue weighted by Crippen LogP contribution is -2.16. The van der Waals surface area contributed by atoms with Gasteiger partial charge in [-0.15, -0.1) is 0 Å². The van der Waals surface area contributed by atoms with Crippen LogP contribution in [0.5, 0.6) is 11.5 Å². The Hall–Kier alpha value is -2.42. The highest BCUT2D eigenvalue weighted by molar-refractivity contribution is 9.09. The van der Waals surface area contributed by atoms with Gasteiger partial charge in [0.05, 0.1) is 0 Å². The molecule has 0 saturated carbocycles. The molecule has 0 unspecified atom stereocenters. The first-order chi connectivity index (χ1) is 13.1. The number of hydrogen-bond acceptors (Lipinski definition) is 6. The number of halogens is 2. The third kappa shape index (κ3) is 3.31. The molecule has 0 amide bonds. The minimum absolute atomic E-state index is 0.0463. The molecule has 0 fully saturated rings. The number of rotatable bonds is 5. The predicted molar refractivity (Wildman–Crippen MR) is 103 cm³/mol. The second kappa shape index (κ2) is 7.30. The fourth-order valence-corrected chi connectivity index (χ4v) is 3.69. The van der Waals surface area contributed by atoms with E-state index in [2.05, 4.69) is 37.8 Å². The topological polar surface area (TPSA) is 88.1 Å². The largest absolute Gasteiger partial charge is 0.486 e. The minimum atomic E-state index is -0.851. The van der Waals surface area contributed by atoms with Crippen molar-refractivity contribution < 1.29 is 13.9 Å². The molecule has 1 aliphatic heterocycles. The van der Waals surface area contributed by atoms with Gasteiger partial charge in [-0.05, 0) is 29.7 Å². The first-order valence-corrected chi connectivity index (χ1v) is 9.88. The van der Waals surface area contributed by atoms with E-state index in [1.807, 2.05) is 16.7 Å². The van der Waals surface area contributed by atoms with Crippen molar-refractivity contribution in [3.63, 3.8) is 0 Å². The zero-order valence-corrected chi connectivity index (χ0v) is 16.4. The molecule has 4 rings (SSSR count). The molecule has 0 spiro atoms. The summed E-state index contributed by atoms with van der Waals surface area (Å²) in [6, 6.07) is 4.02. The number of hydrogen-bond donors (Lipinski definition) is 1. The predicted octanol–water partition coefficient (Wildman–Crippen LogP) is 2.87. The lowest BCUT2D eigenvalue weighted by molar-refractivity contribution is 0.171. The second-order valence-electron chi connectivity index (χ2n) is 6.21. The highest BCUT2D eigenvalue weighted by Crippen LogP contribution is 2.34. The normalized spacial score (nSPS) is 13.3. The third-order valence-corrected chi connectivity index (χ3v) is 4.93. The van der Waals surface area contributed by atoms with Crippen LogP contribution in [0, 0.1) is 6.08 Å². The monoisotopic (exact) mass is 435 g/mol. The molecule has 0 bridgehead atoms. The van der Waals surface area contributed by atoms with Crippen LogP contribution in [0.2, 0.25) is 0 Å². The van der Waals surface area contributed by atoms with Gasteiger partial charge in [-0.1, -0.05) is 22.9 Å². The van der Waals surface area contributed by atoms with Crippen molar-refractivity contribution in [1.29, 1.82) is 0 Å². The Balaban J connectivity index is 1.81. The fourth-order valence-electron chi connectivity index (χ4n) is 3.33. The van der Waals surface area contributed by atoms with Gasteiger partial charge in [0.15, 0.2) is 28.5 Å². The van der Waals surface area contributed by atoms with Crippen molar-refractivity contribution in [1.82, 2.24) is 19.5 Å². The molecule has 0 radical (unpaired) electrons. The number of aromatic nitrogens is 4. The molecule has 142 valence electrons. The molecule has 27 heavy (non-hydrogen) atoms. The van der Waals surface area contributed by atoms with E-state index in [9.17, 15) is 4.39 Å². The van der Waals surface area contributed by atoms with Crippen LogP contribution in [0.1, 0.15) is 23.9 Å². The Morgan fingerprint density at radius 3 is 2.52 bits per heavy atom. The van der Waals surface area contributed by atoms with Gasteiger partial charge in [0, 0.05) is 18.3 Å². The van der Waals surface area contributed by atoms with E-state index in [1.165, 1.54) is 0 Å². The maximum absolute atomic E-state index is 13.7. The van der Waals surface area contributed by atoms with Crippen LogP contribution in [-0.2, 0) is 19.4 Å². The van der Waals surface area contributed by atoms with Crippen LogP contribution in [0.25, 0.3) is 11.2 Å². The molecule has 0 atom stereocenters. The zero-order chi connectivity index (χ0) is 19.0. The van der Waals surface area contributed by atoms with Crippen LogP contribution in [-0.4, -0.2) is 38.1 Å². The summed E-state index contributed by atoms with van der Waals surface area (Å²) in [6.07, 6.45) is 0.543. The number of anilines is 1. The molecule has 2 aromatic heterocycles. The van der Waals surface area contributed by atoms with E-state index in [0.29, 0.717) is 42.7 Å². The van der Waals surface area contributed by atoms with Crippen molar-refractivity contribution in [2.45, 2.75) is 26.3 Å². The summed E-state index contributed by atoms with van der Waals surface area (Å²) in [7, 11) is 0. The lowest BCUT2D eigenvalue weighted by atomic mass is 10.0. The summed E-state index contributed by atoms with van der Waals surface area (Å²) in [5.41, 5.74) is 8.93. The molecule has 1 aromatic carbocycles. The summed E-state index contributed by atoms with van der Waals surface area (Å²) in [6.45, 7) is 3.77. The van der Waals surface area contributed by atoms with Crippen LogP contribution < -0.4 is 15.2 Å². The van der Waals surface area contributed by atoms with Crippen molar-refractivity contribution in [3.8, 4) is 11.5 Å². The summed E-state index contributed by atoms with van der Waals surface area (Å²) >= 11 is 3.44. The fraction of sp³-hybridized carbons (Fsp3) is 0.389. The van der Waals surface area contributed by atoms with Crippen LogP contribution in [0.4, 0.5) is 10.2 Å². The van der Waals surface area contributed by atoms with Gasteiger partial charge < -0.3 is 19.8 Å². The molecule has 3 aromatic rings. The van der Waals surface area contributed by atoms with Gasteiger partial charge in [-0.3, -0.25) is 0 Å². The molecule has 7 nitrogen and oxygen atoms in total. The second-order valence-corrected chi connectivity index (χ2v) is 7.01. The van der Waals surface area contributed by atoms with Crippen LogP contribution in [0.15, 0.2) is 12.1 Å².